The van der Waals surface area contributed by atoms with Gasteiger partial charge in [0, 0.05) is 22.9 Å². The van der Waals surface area contributed by atoms with Crippen LogP contribution in [0.4, 0.5) is 0 Å². The molecule has 8 atom stereocenters. The molecule has 2 rings (SSSR count). The fourth-order valence-electron chi connectivity index (χ4n) is 4.40. The summed E-state index contributed by atoms with van der Waals surface area (Å²) in [6.45, 7) is 3.51. The van der Waals surface area contributed by atoms with Crippen molar-refractivity contribution in [2.24, 2.45) is 5.73 Å². The van der Waals surface area contributed by atoms with Crippen molar-refractivity contribution in [3.05, 3.63) is 17.7 Å². The Balaban J connectivity index is 2.71. The Hall–Kier alpha value is -3.84. The van der Waals surface area contributed by atoms with E-state index in [-0.39, 0.29) is 22.6 Å². The zero-order valence-electron chi connectivity index (χ0n) is 24.5. The lowest BCUT2D eigenvalue weighted by Crippen LogP contribution is -2.64. The largest absolute Gasteiger partial charge is 0.504 e. The van der Waals surface area contributed by atoms with Crippen molar-refractivity contribution < 1.29 is 58.5 Å². The molecule has 0 aromatic heterocycles. The second kappa shape index (κ2) is 15.2. The van der Waals surface area contributed by atoms with Gasteiger partial charge < -0.3 is 57.3 Å². The van der Waals surface area contributed by atoms with E-state index in [1.54, 1.807) is 6.92 Å². The van der Waals surface area contributed by atoms with E-state index in [2.05, 4.69) is 21.3 Å². The Morgan fingerprint density at radius 3 is 2.36 bits per heavy atom. The molecule has 0 unspecified atom stereocenters. The maximum Gasteiger partial charge on any atom is 0.322 e. The van der Waals surface area contributed by atoms with Gasteiger partial charge in [-0.25, -0.2) is 0 Å². The Bertz CT molecular complexity index is 1300. The summed E-state index contributed by atoms with van der Waals surface area (Å²) in [5, 5.41) is 60.3. The Kier molecular flexibility index (Phi) is 12.6. The number of benzene rings is 1. The first-order valence-corrected chi connectivity index (χ1v) is 14.8. The minimum Gasteiger partial charge on any atom is -0.504 e. The molecule has 2 bridgehead atoms. The molecule has 1 aliphatic rings. The lowest BCUT2D eigenvalue weighted by atomic mass is 9.91. The number of rotatable bonds is 11. The van der Waals surface area contributed by atoms with Crippen LogP contribution in [0.5, 0.6) is 11.5 Å². The second-order valence-electron chi connectivity index (χ2n) is 10.5. The van der Waals surface area contributed by atoms with Crippen molar-refractivity contribution >= 4 is 40.5 Å². The summed E-state index contributed by atoms with van der Waals surface area (Å²) in [6, 6.07) is -3.70. The lowest BCUT2D eigenvalue weighted by Gasteiger charge is -2.37. The van der Waals surface area contributed by atoms with Crippen LogP contribution < -0.4 is 31.7 Å². The molecule has 0 aliphatic carbocycles. The number of aliphatic hydroxyl groups is 2. The van der Waals surface area contributed by atoms with Crippen molar-refractivity contribution in [3.8, 4) is 11.5 Å². The molecule has 17 nitrogen and oxygen atoms in total. The zero-order valence-corrected chi connectivity index (χ0v) is 25.3. The van der Waals surface area contributed by atoms with Gasteiger partial charge in [-0.15, -0.1) is 0 Å². The monoisotopic (exact) mass is 645 g/mol. The highest BCUT2D eigenvalue weighted by Gasteiger charge is 2.44. The molecule has 1 aromatic carbocycles. The number of aliphatic hydroxyl groups excluding tert-OH is 2. The molecule has 0 saturated heterocycles. The minimum absolute atomic E-state index is 0.000642. The van der Waals surface area contributed by atoms with Gasteiger partial charge in [0.2, 0.25) is 17.7 Å². The van der Waals surface area contributed by atoms with E-state index >= 15 is 0 Å². The number of nitrogens with two attached hydrogens (primary N) is 1. The first kappa shape index (κ1) is 36.4. The van der Waals surface area contributed by atoms with Gasteiger partial charge in [0.1, 0.15) is 42.4 Å². The number of ether oxygens (including phenoxy) is 1. The highest BCUT2D eigenvalue weighted by molar-refractivity contribution is 7.85. The minimum atomic E-state index is -2.20. The number of hydrogen-bond donors (Lipinski definition) is 10. The van der Waals surface area contributed by atoms with Crippen LogP contribution in [0.1, 0.15) is 45.3 Å². The molecule has 1 heterocycles. The predicted molar refractivity (Wildman–Crippen MR) is 153 cm³/mol. The number of phenolic OH excluding ortho intramolecular Hbond substituents is 1. The van der Waals surface area contributed by atoms with E-state index in [0.717, 1.165) is 12.1 Å². The third kappa shape index (κ3) is 8.85. The molecule has 0 fully saturated rings. The Labute approximate surface area is 255 Å². The number of hydrogen-bond acceptors (Lipinski definition) is 12. The lowest BCUT2D eigenvalue weighted by molar-refractivity contribution is -0.140. The van der Waals surface area contributed by atoms with Gasteiger partial charge in [0.05, 0.1) is 22.7 Å². The van der Waals surface area contributed by atoms with Crippen molar-refractivity contribution in [1.29, 1.82) is 0 Å². The molecule has 0 radical (unpaired) electrons. The average Bonchev–Trinajstić information content (AvgIpc) is 2.94. The molecule has 1 aromatic rings. The fraction of sp³-hybridized carbons (Fsp3) is 0.577. The van der Waals surface area contributed by atoms with Crippen LogP contribution >= 0.6 is 0 Å². The van der Waals surface area contributed by atoms with E-state index in [1.165, 1.54) is 20.9 Å². The van der Waals surface area contributed by atoms with Crippen LogP contribution in [0.3, 0.4) is 0 Å². The summed E-state index contributed by atoms with van der Waals surface area (Å²) < 4.78 is 19.5. The van der Waals surface area contributed by atoms with Crippen LogP contribution in [-0.4, -0.2) is 115 Å². The van der Waals surface area contributed by atoms with E-state index in [9.17, 15) is 43.5 Å². The number of carboxylic acids is 2. The number of aliphatic carboxylic acids is 2. The second-order valence-corrected chi connectivity index (χ2v) is 11.9. The van der Waals surface area contributed by atoms with Crippen molar-refractivity contribution in [2.75, 3.05) is 19.3 Å². The van der Waals surface area contributed by atoms with Gasteiger partial charge in [-0.3, -0.25) is 28.2 Å². The van der Waals surface area contributed by atoms with Crippen LogP contribution in [0.15, 0.2) is 17.0 Å². The average molecular weight is 646 g/mol. The summed E-state index contributed by atoms with van der Waals surface area (Å²) in [7, 11) is -0.866. The highest BCUT2D eigenvalue weighted by Crippen LogP contribution is 2.39. The quantitative estimate of drug-likeness (QED) is 0.115. The molecule has 0 saturated carbocycles. The van der Waals surface area contributed by atoms with Crippen LogP contribution in [-0.2, 0) is 34.8 Å². The van der Waals surface area contributed by atoms with Crippen molar-refractivity contribution in [1.82, 2.24) is 21.3 Å². The SMILES string of the molecule is CC[C@]1(C)Oc2cc(c([S@@](=O)C[C@@H](O)C[C@H](N)C(=O)O)cc2O)[C@@H](O)[C@H](NC)C(=O)N[C@H](C)C(=O)N[C@@H]1C(=O)NCC(=O)O. The number of phenols is 1. The van der Waals surface area contributed by atoms with E-state index < -0.39 is 107 Å². The van der Waals surface area contributed by atoms with Gasteiger partial charge >= 0.3 is 11.9 Å². The molecule has 1 aliphatic heterocycles. The smallest absolute Gasteiger partial charge is 0.322 e. The maximum atomic E-state index is 13.4. The highest BCUT2D eigenvalue weighted by atomic mass is 32.2. The van der Waals surface area contributed by atoms with Crippen LogP contribution in [0.25, 0.3) is 0 Å². The van der Waals surface area contributed by atoms with Crippen molar-refractivity contribution in [2.45, 2.75) is 80.5 Å². The number of carbonyl (C=O) groups excluding carboxylic acids is 3. The summed E-state index contributed by atoms with van der Waals surface area (Å²) in [5.41, 5.74) is 3.59. The molecule has 44 heavy (non-hydrogen) atoms. The van der Waals surface area contributed by atoms with Gasteiger partial charge in [0.15, 0.2) is 11.5 Å². The zero-order chi connectivity index (χ0) is 33.5. The number of carboxylic acid groups (broad SMARTS) is 2. The van der Waals surface area contributed by atoms with E-state index in [0.29, 0.717) is 0 Å². The van der Waals surface area contributed by atoms with Gasteiger partial charge in [-0.05, 0) is 33.4 Å². The van der Waals surface area contributed by atoms with Crippen LogP contribution in [0.2, 0.25) is 0 Å². The third-order valence-corrected chi connectivity index (χ3v) is 8.65. The molecular formula is C26H39N5O12S. The van der Waals surface area contributed by atoms with E-state index in [4.69, 9.17) is 20.7 Å². The summed E-state index contributed by atoms with van der Waals surface area (Å²) >= 11 is 0. The normalized spacial score (nSPS) is 26.2. The fourth-order valence-corrected chi connectivity index (χ4v) is 5.75. The number of fused-ring (bicyclic) bond motifs is 2. The molecule has 18 heteroatoms. The molecule has 246 valence electrons. The summed E-state index contributed by atoms with van der Waals surface area (Å²) in [5.74, 6) is -6.97. The number of amides is 3. The van der Waals surface area contributed by atoms with Gasteiger partial charge in [-0.2, -0.15) is 0 Å². The number of nitrogens with one attached hydrogen (secondary N) is 4. The number of aromatic hydroxyl groups is 1. The maximum absolute atomic E-state index is 13.4. The third-order valence-electron chi connectivity index (χ3n) is 7.12. The van der Waals surface area contributed by atoms with Crippen LogP contribution in [0, 0.1) is 0 Å². The molecule has 3 amide bonds. The van der Waals surface area contributed by atoms with E-state index in [1.807, 2.05) is 0 Å². The van der Waals surface area contributed by atoms with Gasteiger partial charge in [0.25, 0.3) is 0 Å². The first-order chi connectivity index (χ1) is 20.4. The molecule has 11 N–H and O–H groups in total. The Morgan fingerprint density at radius 1 is 1.18 bits per heavy atom. The Morgan fingerprint density at radius 2 is 1.82 bits per heavy atom. The standard InChI is InChI=1S/C26H39N5O12S/c1-5-26(3)21(24(39)29-9-18(34)35)31-22(37)11(2)30-23(38)19(28-4)20(36)13-7-16(43-26)15(33)8-17(13)44(42)10-12(32)6-14(27)25(40)41/h7-8,11-12,14,19-21,28,32-33,36H,5-6,9-10,27H2,1-4H3,(H,29,39)(H,30,38)(H,31,37)(H,34,35)(H,40,41)/t11-,12+,14+,19+,20-,21-,26+,44+/m1/s1. The number of carbonyl (C=O) groups is 5. The van der Waals surface area contributed by atoms with Gasteiger partial charge in [-0.1, -0.05) is 6.92 Å². The topological polar surface area (TPSA) is 287 Å². The summed E-state index contributed by atoms with van der Waals surface area (Å²) in [4.78, 5) is 61.3. The predicted octanol–water partition coefficient (Wildman–Crippen LogP) is -2.96. The number of likely N-dealkylation sites (N-methyl/N-ethyl adjacent to an activating group) is 1. The molecule has 0 spiro atoms. The van der Waals surface area contributed by atoms with Crippen molar-refractivity contribution in [3.63, 3.8) is 0 Å². The summed E-state index contributed by atoms with van der Waals surface area (Å²) in [6.07, 6.45) is -3.70. The first-order valence-electron chi connectivity index (χ1n) is 13.5. The molecular weight excluding hydrogens is 606 g/mol.